The zero-order valence-electron chi connectivity index (χ0n) is 14.6. The van der Waals surface area contributed by atoms with Crippen molar-refractivity contribution in [2.45, 2.75) is 0 Å². The van der Waals surface area contributed by atoms with Crippen LogP contribution in [0.3, 0.4) is 0 Å². The normalized spacial score (nSPS) is 10.2. The minimum absolute atomic E-state index is 0.0426. The van der Waals surface area contributed by atoms with Gasteiger partial charge in [-0.05, 0) is 59.4 Å². The Morgan fingerprint density at radius 2 is 1.64 bits per heavy atom. The Labute approximate surface area is 171 Å². The lowest BCUT2D eigenvalue weighted by molar-refractivity contribution is -0.123. The maximum absolute atomic E-state index is 12.0. The van der Waals surface area contributed by atoms with Crippen LogP contribution in [0.2, 0.25) is 5.02 Å². The number of ether oxygens (including phenoxy) is 1. The zero-order valence-corrected chi connectivity index (χ0v) is 16.1. The van der Waals surface area contributed by atoms with Gasteiger partial charge in [0.2, 0.25) is 0 Å². The highest BCUT2D eigenvalue weighted by atomic mass is 35.5. The predicted octanol–water partition coefficient (Wildman–Crippen LogP) is 3.21. The summed E-state index contributed by atoms with van der Waals surface area (Å²) in [5.41, 5.74) is 5.21. The van der Waals surface area contributed by atoms with E-state index in [1.807, 2.05) is 36.4 Å². The molecule has 142 valence electrons. The molecule has 0 bridgehead atoms. The van der Waals surface area contributed by atoms with Crippen molar-refractivity contribution in [1.82, 2.24) is 16.2 Å². The summed E-state index contributed by atoms with van der Waals surface area (Å²) in [5, 5.41) is 5.03. The molecule has 0 spiro atoms. The molecule has 0 saturated heterocycles. The second-order valence-electron chi connectivity index (χ2n) is 5.76. The van der Waals surface area contributed by atoms with Crippen molar-refractivity contribution in [3.8, 4) is 5.75 Å². The van der Waals surface area contributed by atoms with Crippen LogP contribution in [0.1, 0.15) is 10.4 Å². The predicted molar refractivity (Wildman–Crippen MR) is 112 cm³/mol. The first-order valence-electron chi connectivity index (χ1n) is 8.28. The third-order valence-corrected chi connectivity index (χ3v) is 4.20. The van der Waals surface area contributed by atoms with Crippen LogP contribution in [0.15, 0.2) is 66.7 Å². The summed E-state index contributed by atoms with van der Waals surface area (Å²) in [5.74, 6) is -0.292. The van der Waals surface area contributed by atoms with Crippen LogP contribution < -0.4 is 20.9 Å². The fourth-order valence-electron chi connectivity index (χ4n) is 2.38. The molecule has 0 aliphatic heterocycles. The zero-order chi connectivity index (χ0) is 19.9. The van der Waals surface area contributed by atoms with E-state index in [0.29, 0.717) is 16.3 Å². The minimum Gasteiger partial charge on any atom is -0.484 e. The molecule has 0 unspecified atom stereocenters. The van der Waals surface area contributed by atoms with Crippen LogP contribution in [-0.2, 0) is 4.79 Å². The van der Waals surface area contributed by atoms with Crippen molar-refractivity contribution >= 4 is 51.5 Å². The molecule has 0 saturated carbocycles. The van der Waals surface area contributed by atoms with Gasteiger partial charge in [0.05, 0.1) is 0 Å². The second kappa shape index (κ2) is 9.16. The Bertz CT molecular complexity index is 1020. The number of thiocarbonyl (C=S) groups is 1. The first kappa shape index (κ1) is 19.6. The topological polar surface area (TPSA) is 79.5 Å². The third kappa shape index (κ3) is 5.42. The van der Waals surface area contributed by atoms with E-state index in [2.05, 4.69) is 16.2 Å². The van der Waals surface area contributed by atoms with Crippen LogP contribution in [-0.4, -0.2) is 23.5 Å². The van der Waals surface area contributed by atoms with Gasteiger partial charge < -0.3 is 4.74 Å². The Hall–Kier alpha value is -3.16. The number of nitrogens with one attached hydrogen (secondary N) is 3. The summed E-state index contributed by atoms with van der Waals surface area (Å²) >= 11 is 10.8. The van der Waals surface area contributed by atoms with Crippen molar-refractivity contribution in [1.29, 1.82) is 0 Å². The summed E-state index contributed by atoms with van der Waals surface area (Å²) in [6, 6.07) is 19.7. The first-order valence-corrected chi connectivity index (χ1v) is 9.07. The number of carbonyl (C=O) groups excluding carboxylic acids is 2. The van der Waals surface area contributed by atoms with Crippen LogP contribution in [0.5, 0.6) is 5.75 Å². The van der Waals surface area contributed by atoms with E-state index in [1.54, 1.807) is 30.3 Å². The first-order chi connectivity index (χ1) is 13.5. The molecule has 3 aromatic rings. The standard InChI is InChI=1S/C20H16ClN3O3S/c21-16-8-5-14(6-9-16)19(26)22-20(28)24-23-18(25)12-27-17-10-7-13-3-1-2-4-15(13)11-17/h1-11H,12H2,(H,23,25)(H2,22,24,26,28). The molecule has 0 fully saturated rings. The van der Waals surface area contributed by atoms with E-state index in [1.165, 1.54) is 0 Å². The van der Waals surface area contributed by atoms with Gasteiger partial charge in [0.1, 0.15) is 5.75 Å². The Morgan fingerprint density at radius 1 is 0.929 bits per heavy atom. The number of hydrogen-bond acceptors (Lipinski definition) is 4. The number of benzene rings is 3. The molecule has 2 amide bonds. The van der Waals surface area contributed by atoms with Gasteiger partial charge in [0, 0.05) is 10.6 Å². The highest BCUT2D eigenvalue weighted by Crippen LogP contribution is 2.20. The van der Waals surface area contributed by atoms with Crippen molar-refractivity contribution in [3.63, 3.8) is 0 Å². The molecule has 3 aromatic carbocycles. The average Bonchev–Trinajstić information content (AvgIpc) is 2.71. The van der Waals surface area contributed by atoms with E-state index in [9.17, 15) is 9.59 Å². The summed E-state index contributed by atoms with van der Waals surface area (Å²) in [6.07, 6.45) is 0. The lowest BCUT2D eigenvalue weighted by atomic mass is 10.1. The molecule has 0 radical (unpaired) electrons. The van der Waals surface area contributed by atoms with E-state index in [4.69, 9.17) is 28.6 Å². The summed E-state index contributed by atoms with van der Waals surface area (Å²) in [7, 11) is 0. The van der Waals surface area contributed by atoms with Crippen LogP contribution in [0.4, 0.5) is 0 Å². The Morgan fingerprint density at radius 3 is 2.39 bits per heavy atom. The van der Waals surface area contributed by atoms with Gasteiger partial charge in [-0.2, -0.15) is 0 Å². The van der Waals surface area contributed by atoms with Gasteiger partial charge in [-0.3, -0.25) is 25.8 Å². The molecule has 8 heteroatoms. The number of hydrogen-bond donors (Lipinski definition) is 3. The van der Waals surface area contributed by atoms with Gasteiger partial charge in [-0.15, -0.1) is 0 Å². The summed E-state index contributed by atoms with van der Waals surface area (Å²) in [4.78, 5) is 23.9. The Balaban J connectivity index is 1.43. The largest absolute Gasteiger partial charge is 0.484 e. The highest BCUT2D eigenvalue weighted by Gasteiger charge is 2.09. The average molecular weight is 414 g/mol. The molecule has 28 heavy (non-hydrogen) atoms. The number of fused-ring (bicyclic) bond motifs is 1. The van der Waals surface area contributed by atoms with Crippen molar-refractivity contribution in [3.05, 3.63) is 77.3 Å². The van der Waals surface area contributed by atoms with Gasteiger partial charge in [-0.1, -0.05) is 41.9 Å². The van der Waals surface area contributed by atoms with E-state index in [-0.39, 0.29) is 11.7 Å². The summed E-state index contributed by atoms with van der Waals surface area (Å²) < 4.78 is 5.47. The maximum Gasteiger partial charge on any atom is 0.276 e. The SMILES string of the molecule is O=C(COc1ccc2ccccc2c1)NNC(=S)NC(=O)c1ccc(Cl)cc1. The number of halogens is 1. The smallest absolute Gasteiger partial charge is 0.276 e. The molecule has 0 aliphatic carbocycles. The van der Waals surface area contributed by atoms with E-state index >= 15 is 0 Å². The maximum atomic E-state index is 12.0. The van der Waals surface area contributed by atoms with Crippen LogP contribution >= 0.6 is 23.8 Å². The number of hydrazine groups is 1. The number of rotatable bonds is 4. The lowest BCUT2D eigenvalue weighted by Gasteiger charge is -2.11. The van der Waals surface area contributed by atoms with E-state index < -0.39 is 11.8 Å². The lowest BCUT2D eigenvalue weighted by Crippen LogP contribution is -2.49. The summed E-state index contributed by atoms with van der Waals surface area (Å²) in [6.45, 7) is -0.209. The molecule has 0 aliphatic rings. The molecule has 0 atom stereocenters. The number of amides is 2. The molecule has 3 rings (SSSR count). The minimum atomic E-state index is -0.448. The fourth-order valence-corrected chi connectivity index (χ4v) is 2.65. The van der Waals surface area contributed by atoms with Gasteiger partial charge in [0.15, 0.2) is 11.7 Å². The number of carbonyl (C=O) groups is 2. The molecule has 6 nitrogen and oxygen atoms in total. The fraction of sp³-hybridized carbons (Fsp3) is 0.0500. The van der Waals surface area contributed by atoms with Crippen molar-refractivity contribution < 1.29 is 14.3 Å². The Kier molecular flexibility index (Phi) is 6.41. The van der Waals surface area contributed by atoms with Crippen molar-refractivity contribution in [2.24, 2.45) is 0 Å². The van der Waals surface area contributed by atoms with Crippen molar-refractivity contribution in [2.75, 3.05) is 6.61 Å². The molecule has 0 aromatic heterocycles. The third-order valence-electron chi connectivity index (χ3n) is 3.74. The molecular formula is C20H16ClN3O3S. The highest BCUT2D eigenvalue weighted by molar-refractivity contribution is 7.80. The molecule has 0 heterocycles. The quantitative estimate of drug-likeness (QED) is 0.452. The molecule has 3 N–H and O–H groups in total. The van der Waals surface area contributed by atoms with Crippen LogP contribution in [0, 0.1) is 0 Å². The molecular weight excluding hydrogens is 398 g/mol. The second-order valence-corrected chi connectivity index (χ2v) is 6.61. The monoisotopic (exact) mass is 413 g/mol. The van der Waals surface area contributed by atoms with Gasteiger partial charge in [-0.25, -0.2) is 0 Å². The van der Waals surface area contributed by atoms with E-state index in [0.717, 1.165) is 10.8 Å². The van der Waals surface area contributed by atoms with Gasteiger partial charge >= 0.3 is 0 Å². The van der Waals surface area contributed by atoms with Gasteiger partial charge in [0.25, 0.3) is 11.8 Å². The van der Waals surface area contributed by atoms with Crippen LogP contribution in [0.25, 0.3) is 10.8 Å².